The van der Waals surface area contributed by atoms with Crippen LogP contribution in [0.1, 0.15) is 42.7 Å². The number of fused-ring (bicyclic) bond motifs is 2. The highest BCUT2D eigenvalue weighted by Crippen LogP contribution is 2.49. The van der Waals surface area contributed by atoms with E-state index >= 15 is 0 Å². The van der Waals surface area contributed by atoms with E-state index in [1.807, 2.05) is 17.8 Å². The van der Waals surface area contributed by atoms with Crippen LogP contribution in [0.25, 0.3) is 0 Å². The number of carbonyl (C=O) groups is 1. The molecule has 2 bridgehead atoms. The molecule has 2 saturated carbocycles. The van der Waals surface area contributed by atoms with Crippen LogP contribution in [-0.2, 0) is 7.05 Å². The molecule has 0 aromatic carbocycles. The molecular weight excluding hydrogens is 200 g/mol. The molecule has 0 spiro atoms. The summed E-state index contributed by atoms with van der Waals surface area (Å²) in [7, 11) is 1.89. The third kappa shape index (κ3) is 1.58. The second-order valence-electron chi connectivity index (χ2n) is 5.42. The number of hydrogen-bond donors (Lipinski definition) is 0. The Bertz CT molecular complexity index is 410. The van der Waals surface area contributed by atoms with Crippen molar-refractivity contribution < 1.29 is 4.79 Å². The van der Waals surface area contributed by atoms with Gasteiger partial charge >= 0.3 is 0 Å². The van der Waals surface area contributed by atoms with Gasteiger partial charge in [-0.3, -0.25) is 4.79 Å². The maximum absolute atomic E-state index is 12.1. The maximum Gasteiger partial charge on any atom is 0.198 e. The van der Waals surface area contributed by atoms with E-state index in [4.69, 9.17) is 0 Å². The van der Waals surface area contributed by atoms with E-state index in [1.54, 1.807) is 6.20 Å². The van der Waals surface area contributed by atoms with Crippen LogP contribution in [0.15, 0.2) is 12.4 Å². The summed E-state index contributed by atoms with van der Waals surface area (Å²) in [5.41, 5.74) is 0. The van der Waals surface area contributed by atoms with Crippen molar-refractivity contribution in [2.24, 2.45) is 24.8 Å². The maximum atomic E-state index is 12.1. The molecule has 2 fully saturated rings. The lowest BCUT2D eigenvalue weighted by Crippen LogP contribution is -2.17. The Morgan fingerprint density at radius 2 is 2.38 bits per heavy atom. The standard InChI is InChI=1S/C13H18N2O/c1-15-5-4-14-13(15)12(16)8-11-7-9-2-3-10(11)6-9/h4-5,9-11H,2-3,6-8H2,1H3. The van der Waals surface area contributed by atoms with Crippen LogP contribution >= 0.6 is 0 Å². The van der Waals surface area contributed by atoms with Crippen LogP contribution in [0.5, 0.6) is 0 Å². The number of hydrogen-bond acceptors (Lipinski definition) is 2. The molecule has 16 heavy (non-hydrogen) atoms. The van der Waals surface area contributed by atoms with Crippen LogP contribution in [0, 0.1) is 17.8 Å². The van der Waals surface area contributed by atoms with Crippen LogP contribution in [0.4, 0.5) is 0 Å². The van der Waals surface area contributed by atoms with Crippen molar-refractivity contribution in [3.8, 4) is 0 Å². The number of aromatic nitrogens is 2. The predicted octanol–water partition coefficient (Wildman–Crippen LogP) is 2.43. The molecule has 3 rings (SSSR count). The summed E-state index contributed by atoms with van der Waals surface area (Å²) in [6.07, 6.45) is 9.66. The van der Waals surface area contributed by atoms with E-state index in [9.17, 15) is 4.79 Å². The molecule has 0 amide bonds. The van der Waals surface area contributed by atoms with Gasteiger partial charge in [0.15, 0.2) is 11.6 Å². The molecule has 86 valence electrons. The fourth-order valence-electron chi connectivity index (χ4n) is 3.59. The molecule has 3 atom stereocenters. The summed E-state index contributed by atoms with van der Waals surface area (Å²) in [6.45, 7) is 0. The van der Waals surface area contributed by atoms with Crippen LogP contribution < -0.4 is 0 Å². The molecule has 3 nitrogen and oxygen atoms in total. The van der Waals surface area contributed by atoms with Gasteiger partial charge in [-0.15, -0.1) is 0 Å². The topological polar surface area (TPSA) is 34.9 Å². The van der Waals surface area contributed by atoms with Gasteiger partial charge in [-0.1, -0.05) is 6.42 Å². The van der Waals surface area contributed by atoms with Gasteiger partial charge in [0.05, 0.1) is 0 Å². The molecule has 0 aliphatic heterocycles. The molecule has 1 aromatic heterocycles. The number of Topliss-reactive ketones (excluding diaryl/α,β-unsaturated/α-hetero) is 1. The first-order valence-corrected chi connectivity index (χ1v) is 6.24. The highest BCUT2D eigenvalue weighted by Gasteiger charge is 2.40. The Labute approximate surface area is 95.9 Å². The van der Waals surface area contributed by atoms with Crippen molar-refractivity contribution in [3.63, 3.8) is 0 Å². The van der Waals surface area contributed by atoms with Gasteiger partial charge in [-0.2, -0.15) is 0 Å². The summed E-state index contributed by atoms with van der Waals surface area (Å²) < 4.78 is 1.83. The summed E-state index contributed by atoms with van der Waals surface area (Å²) in [5.74, 6) is 3.24. The first-order valence-electron chi connectivity index (χ1n) is 6.24. The highest BCUT2D eigenvalue weighted by molar-refractivity contribution is 5.92. The van der Waals surface area contributed by atoms with Gasteiger partial charge in [-0.05, 0) is 37.0 Å². The van der Waals surface area contributed by atoms with Crippen molar-refractivity contribution in [3.05, 3.63) is 18.2 Å². The monoisotopic (exact) mass is 218 g/mol. The molecule has 3 unspecified atom stereocenters. The van der Waals surface area contributed by atoms with E-state index in [2.05, 4.69) is 4.98 Å². The molecule has 0 saturated heterocycles. The molecule has 3 heteroatoms. The number of ketones is 1. The molecule has 0 N–H and O–H groups in total. The van der Waals surface area contributed by atoms with Crippen LogP contribution in [0.2, 0.25) is 0 Å². The second-order valence-corrected chi connectivity index (χ2v) is 5.42. The zero-order valence-corrected chi connectivity index (χ0v) is 9.72. The number of nitrogens with zero attached hydrogens (tertiary/aromatic N) is 2. The summed E-state index contributed by atoms with van der Waals surface area (Å²) in [6, 6.07) is 0. The van der Waals surface area contributed by atoms with Crippen molar-refractivity contribution in [2.75, 3.05) is 0 Å². The zero-order chi connectivity index (χ0) is 11.1. The normalized spacial score (nSPS) is 32.2. The van der Waals surface area contributed by atoms with Crippen molar-refractivity contribution in [1.29, 1.82) is 0 Å². The van der Waals surface area contributed by atoms with E-state index in [0.29, 0.717) is 18.2 Å². The fraction of sp³-hybridized carbons (Fsp3) is 0.692. The van der Waals surface area contributed by atoms with E-state index in [-0.39, 0.29) is 5.78 Å². The largest absolute Gasteiger partial charge is 0.332 e. The lowest BCUT2D eigenvalue weighted by Gasteiger charge is -2.20. The minimum atomic E-state index is 0.227. The number of imidazole rings is 1. The predicted molar refractivity (Wildman–Crippen MR) is 61.1 cm³/mol. The van der Waals surface area contributed by atoms with E-state index < -0.39 is 0 Å². The Morgan fingerprint density at radius 3 is 2.94 bits per heavy atom. The van der Waals surface area contributed by atoms with Gasteiger partial charge in [0.2, 0.25) is 0 Å². The summed E-state index contributed by atoms with van der Waals surface area (Å²) >= 11 is 0. The lowest BCUT2D eigenvalue weighted by molar-refractivity contribution is 0.0931. The smallest absolute Gasteiger partial charge is 0.198 e. The quantitative estimate of drug-likeness (QED) is 0.730. The average Bonchev–Trinajstić information content (AvgIpc) is 2.92. The SMILES string of the molecule is Cn1ccnc1C(=O)CC1CC2CCC1C2. The molecular formula is C13H18N2O. The van der Waals surface area contributed by atoms with Crippen LogP contribution in [-0.4, -0.2) is 15.3 Å². The zero-order valence-electron chi connectivity index (χ0n) is 9.72. The molecule has 1 aromatic rings. The van der Waals surface area contributed by atoms with Crippen molar-refractivity contribution >= 4 is 5.78 Å². The minimum absolute atomic E-state index is 0.227. The van der Waals surface area contributed by atoms with E-state index in [0.717, 1.165) is 11.8 Å². The minimum Gasteiger partial charge on any atom is -0.332 e. The van der Waals surface area contributed by atoms with Gasteiger partial charge in [0.25, 0.3) is 0 Å². The highest BCUT2D eigenvalue weighted by atomic mass is 16.1. The lowest BCUT2D eigenvalue weighted by atomic mass is 9.85. The fourth-order valence-corrected chi connectivity index (χ4v) is 3.59. The Hall–Kier alpha value is -1.12. The molecule has 2 aliphatic carbocycles. The Kier molecular flexibility index (Phi) is 2.34. The average molecular weight is 218 g/mol. The van der Waals surface area contributed by atoms with Gasteiger partial charge in [0.1, 0.15) is 0 Å². The number of rotatable bonds is 3. The third-order valence-electron chi connectivity index (χ3n) is 4.40. The Morgan fingerprint density at radius 1 is 1.50 bits per heavy atom. The summed E-state index contributed by atoms with van der Waals surface area (Å²) in [5, 5.41) is 0. The summed E-state index contributed by atoms with van der Waals surface area (Å²) in [4.78, 5) is 16.2. The third-order valence-corrected chi connectivity index (χ3v) is 4.40. The molecule has 2 aliphatic rings. The molecule has 1 heterocycles. The number of aryl methyl sites for hydroxylation is 1. The Balaban J connectivity index is 1.67. The second kappa shape index (κ2) is 3.72. The van der Waals surface area contributed by atoms with Crippen molar-refractivity contribution in [2.45, 2.75) is 32.1 Å². The van der Waals surface area contributed by atoms with Crippen molar-refractivity contribution in [1.82, 2.24) is 9.55 Å². The van der Waals surface area contributed by atoms with Gasteiger partial charge in [0, 0.05) is 25.9 Å². The van der Waals surface area contributed by atoms with E-state index in [1.165, 1.54) is 25.7 Å². The number of carbonyl (C=O) groups excluding carboxylic acids is 1. The first-order chi connectivity index (χ1) is 7.74. The molecule has 0 radical (unpaired) electrons. The van der Waals surface area contributed by atoms with Crippen LogP contribution in [0.3, 0.4) is 0 Å². The first kappa shape index (κ1) is 10.1. The van der Waals surface area contributed by atoms with Gasteiger partial charge < -0.3 is 4.57 Å². The van der Waals surface area contributed by atoms with Gasteiger partial charge in [-0.25, -0.2) is 4.98 Å².